The van der Waals surface area contributed by atoms with Crippen LogP contribution in [0.3, 0.4) is 0 Å². The molecule has 150 valence electrons. The van der Waals surface area contributed by atoms with E-state index in [1.807, 2.05) is 32.0 Å². The molecule has 0 aliphatic heterocycles. The third kappa shape index (κ3) is 8.12. The van der Waals surface area contributed by atoms with E-state index in [4.69, 9.17) is 0 Å². The average molecular weight is 374 g/mol. The fourth-order valence-electron chi connectivity index (χ4n) is 3.19. The number of nitrogens with one attached hydrogen (secondary N) is 2. The highest BCUT2D eigenvalue weighted by atomic mass is 16.2. The molecule has 1 aliphatic rings. The molecule has 0 unspecified atom stereocenters. The van der Waals surface area contributed by atoms with E-state index < -0.39 is 0 Å². The van der Waals surface area contributed by atoms with Crippen molar-refractivity contribution >= 4 is 17.5 Å². The number of hydrogen-bond donors (Lipinski definition) is 2. The van der Waals surface area contributed by atoms with Gasteiger partial charge in [0, 0.05) is 31.2 Å². The van der Waals surface area contributed by atoms with E-state index >= 15 is 0 Å². The molecule has 1 aliphatic carbocycles. The van der Waals surface area contributed by atoms with Crippen LogP contribution in [0.15, 0.2) is 18.2 Å². The monoisotopic (exact) mass is 373 g/mol. The standard InChI is InChI=1S/C22H35N3O2/c1-4-5-6-7-13-23-21(26)12-14-25(19-10-11-19)16-22(27)24-20-15-17(2)8-9-18(20)3/h8-9,15,19H,4-7,10-14,16H2,1-3H3,(H,23,26)(H,24,27). The van der Waals surface area contributed by atoms with Crippen molar-refractivity contribution in [1.82, 2.24) is 10.2 Å². The number of aryl methyl sites for hydroxylation is 2. The summed E-state index contributed by atoms with van der Waals surface area (Å²) in [6.07, 6.45) is 7.34. The molecule has 1 fully saturated rings. The summed E-state index contributed by atoms with van der Waals surface area (Å²) in [5.41, 5.74) is 3.07. The van der Waals surface area contributed by atoms with Gasteiger partial charge in [-0.2, -0.15) is 0 Å². The topological polar surface area (TPSA) is 61.4 Å². The molecular weight excluding hydrogens is 338 g/mol. The summed E-state index contributed by atoms with van der Waals surface area (Å²) in [7, 11) is 0. The number of nitrogens with zero attached hydrogens (tertiary/aromatic N) is 1. The van der Waals surface area contributed by atoms with Crippen molar-refractivity contribution in [3.05, 3.63) is 29.3 Å². The number of unbranched alkanes of at least 4 members (excludes halogenated alkanes) is 3. The number of carbonyl (C=O) groups excluding carboxylic acids is 2. The fourth-order valence-corrected chi connectivity index (χ4v) is 3.19. The Labute approximate surface area is 163 Å². The third-order valence-electron chi connectivity index (χ3n) is 5.06. The summed E-state index contributed by atoms with van der Waals surface area (Å²) in [5, 5.41) is 6.02. The molecule has 1 aromatic rings. The Bertz CT molecular complexity index is 626. The van der Waals surface area contributed by atoms with E-state index in [1.54, 1.807) is 0 Å². The third-order valence-corrected chi connectivity index (χ3v) is 5.06. The number of rotatable bonds is 12. The maximum atomic E-state index is 12.5. The highest BCUT2D eigenvalue weighted by molar-refractivity contribution is 5.93. The van der Waals surface area contributed by atoms with Gasteiger partial charge in [0.15, 0.2) is 0 Å². The minimum absolute atomic E-state index is 0.00410. The lowest BCUT2D eigenvalue weighted by atomic mass is 10.1. The molecule has 27 heavy (non-hydrogen) atoms. The van der Waals surface area contributed by atoms with Gasteiger partial charge in [0.25, 0.3) is 0 Å². The summed E-state index contributed by atoms with van der Waals surface area (Å²) in [4.78, 5) is 26.7. The second-order valence-corrected chi connectivity index (χ2v) is 7.73. The number of hydrogen-bond acceptors (Lipinski definition) is 3. The second kappa shape index (κ2) is 11.1. The predicted octanol–water partition coefficient (Wildman–Crippen LogP) is 3.79. The molecule has 0 aromatic heterocycles. The lowest BCUT2D eigenvalue weighted by molar-refractivity contribution is -0.122. The van der Waals surface area contributed by atoms with Gasteiger partial charge in [-0.25, -0.2) is 0 Å². The van der Waals surface area contributed by atoms with Gasteiger partial charge in [0.1, 0.15) is 0 Å². The Morgan fingerprint density at radius 3 is 2.59 bits per heavy atom. The van der Waals surface area contributed by atoms with E-state index in [1.165, 1.54) is 19.3 Å². The van der Waals surface area contributed by atoms with Crippen LogP contribution in [0.5, 0.6) is 0 Å². The lowest BCUT2D eigenvalue weighted by Gasteiger charge is -2.21. The van der Waals surface area contributed by atoms with Crippen LogP contribution in [0.4, 0.5) is 5.69 Å². The van der Waals surface area contributed by atoms with Crippen molar-refractivity contribution in [3.8, 4) is 0 Å². The van der Waals surface area contributed by atoms with Crippen molar-refractivity contribution < 1.29 is 9.59 Å². The van der Waals surface area contributed by atoms with Crippen LogP contribution in [-0.4, -0.2) is 42.4 Å². The quantitative estimate of drug-likeness (QED) is 0.548. The molecular formula is C22H35N3O2. The molecule has 5 nitrogen and oxygen atoms in total. The molecule has 0 spiro atoms. The fraction of sp³-hybridized carbons (Fsp3) is 0.636. The van der Waals surface area contributed by atoms with Gasteiger partial charge in [0.2, 0.25) is 11.8 Å². The van der Waals surface area contributed by atoms with Crippen LogP contribution >= 0.6 is 0 Å². The molecule has 2 rings (SSSR count). The smallest absolute Gasteiger partial charge is 0.238 e. The normalized spacial score (nSPS) is 13.6. The maximum Gasteiger partial charge on any atom is 0.238 e. The second-order valence-electron chi connectivity index (χ2n) is 7.73. The number of carbonyl (C=O) groups is 2. The average Bonchev–Trinajstić information content (AvgIpc) is 3.46. The van der Waals surface area contributed by atoms with Crippen LogP contribution in [0.1, 0.15) is 63.0 Å². The molecule has 0 heterocycles. The Kier molecular flexibility index (Phi) is 8.79. The Morgan fingerprint density at radius 1 is 1.11 bits per heavy atom. The van der Waals surface area contributed by atoms with Gasteiger partial charge in [0.05, 0.1) is 6.54 Å². The van der Waals surface area contributed by atoms with Crippen LogP contribution in [0, 0.1) is 13.8 Å². The van der Waals surface area contributed by atoms with Gasteiger partial charge >= 0.3 is 0 Å². The van der Waals surface area contributed by atoms with Crippen LogP contribution in [0.25, 0.3) is 0 Å². The minimum atomic E-state index is -0.00410. The number of amides is 2. The molecule has 2 N–H and O–H groups in total. The van der Waals surface area contributed by atoms with Gasteiger partial charge in [-0.1, -0.05) is 38.3 Å². The van der Waals surface area contributed by atoms with Crippen LogP contribution in [-0.2, 0) is 9.59 Å². The Hall–Kier alpha value is -1.88. The maximum absolute atomic E-state index is 12.5. The lowest BCUT2D eigenvalue weighted by Crippen LogP contribution is -2.38. The molecule has 0 radical (unpaired) electrons. The van der Waals surface area contributed by atoms with Gasteiger partial charge in [-0.05, 0) is 50.3 Å². The molecule has 0 bridgehead atoms. The Balaban J connectivity index is 1.74. The molecule has 1 saturated carbocycles. The van der Waals surface area contributed by atoms with E-state index in [9.17, 15) is 9.59 Å². The first-order valence-corrected chi connectivity index (χ1v) is 10.4. The van der Waals surface area contributed by atoms with Crippen LogP contribution in [0.2, 0.25) is 0 Å². The number of benzene rings is 1. The Morgan fingerprint density at radius 2 is 1.89 bits per heavy atom. The first-order valence-electron chi connectivity index (χ1n) is 10.4. The van der Waals surface area contributed by atoms with Crippen molar-refractivity contribution in [2.45, 2.75) is 71.8 Å². The molecule has 1 aromatic carbocycles. The highest BCUT2D eigenvalue weighted by Crippen LogP contribution is 2.27. The molecule has 5 heteroatoms. The summed E-state index contributed by atoms with van der Waals surface area (Å²) < 4.78 is 0. The van der Waals surface area contributed by atoms with Crippen LogP contribution < -0.4 is 10.6 Å². The van der Waals surface area contributed by atoms with E-state index in [-0.39, 0.29) is 11.8 Å². The molecule has 0 saturated heterocycles. The largest absolute Gasteiger partial charge is 0.356 e. The summed E-state index contributed by atoms with van der Waals surface area (Å²) >= 11 is 0. The van der Waals surface area contributed by atoms with Crippen molar-refractivity contribution in [2.75, 3.05) is 25.0 Å². The van der Waals surface area contributed by atoms with Crippen molar-refractivity contribution in [2.24, 2.45) is 0 Å². The highest BCUT2D eigenvalue weighted by Gasteiger charge is 2.30. The molecule has 0 atom stereocenters. The first kappa shape index (κ1) is 21.4. The zero-order valence-electron chi connectivity index (χ0n) is 17.1. The van der Waals surface area contributed by atoms with Gasteiger partial charge < -0.3 is 10.6 Å². The summed E-state index contributed by atoms with van der Waals surface area (Å²) in [6, 6.07) is 6.52. The molecule has 2 amide bonds. The van der Waals surface area contributed by atoms with E-state index in [2.05, 4.69) is 22.5 Å². The van der Waals surface area contributed by atoms with Gasteiger partial charge in [-0.3, -0.25) is 14.5 Å². The minimum Gasteiger partial charge on any atom is -0.356 e. The predicted molar refractivity (Wildman–Crippen MR) is 111 cm³/mol. The van der Waals surface area contributed by atoms with Crippen molar-refractivity contribution in [1.29, 1.82) is 0 Å². The van der Waals surface area contributed by atoms with Gasteiger partial charge in [-0.15, -0.1) is 0 Å². The van der Waals surface area contributed by atoms with E-state index in [0.717, 1.165) is 42.6 Å². The van der Waals surface area contributed by atoms with Crippen molar-refractivity contribution in [3.63, 3.8) is 0 Å². The first-order chi connectivity index (χ1) is 13.0. The number of anilines is 1. The van der Waals surface area contributed by atoms with E-state index in [0.29, 0.717) is 25.6 Å². The zero-order chi connectivity index (χ0) is 19.6. The zero-order valence-corrected chi connectivity index (χ0v) is 17.1. The summed E-state index contributed by atoms with van der Waals surface area (Å²) in [6.45, 7) is 7.95. The summed E-state index contributed by atoms with van der Waals surface area (Å²) in [5.74, 6) is 0.0858. The SMILES string of the molecule is CCCCCCNC(=O)CCN(CC(=O)Nc1cc(C)ccc1C)C1CC1.